The zero-order valence-corrected chi connectivity index (χ0v) is 31.2. The molecule has 8 N–H and O–H groups in total. The molecule has 0 aromatic carbocycles. The number of rotatable bonds is 32. The van der Waals surface area contributed by atoms with E-state index in [0.29, 0.717) is 25.9 Å². The van der Waals surface area contributed by atoms with E-state index in [0.717, 1.165) is 84.1 Å². The molecular weight excluding hydrogens is 642 g/mol. The summed E-state index contributed by atoms with van der Waals surface area (Å²) in [6, 6.07) is -0.471. The van der Waals surface area contributed by atoms with Crippen molar-refractivity contribution in [1.29, 1.82) is 0 Å². The number of nitrogens with two attached hydrogens (primary N) is 2. The van der Waals surface area contributed by atoms with E-state index in [2.05, 4.69) is 28.2 Å². The smallest absolute Gasteiger partial charge is 0.236 e. The molecule has 0 spiro atoms. The molecule has 1 unspecified atom stereocenters. The number of amides is 2. The second-order valence-electron chi connectivity index (χ2n) is 11.4. The van der Waals surface area contributed by atoms with E-state index in [-0.39, 0.29) is 61.4 Å². The monoisotopic (exact) mass is 712 g/mol. The Hall–Kier alpha value is -0.0600. The van der Waals surface area contributed by atoms with E-state index in [9.17, 15) is 9.59 Å². The van der Waals surface area contributed by atoms with Crippen molar-refractivity contribution in [2.45, 2.75) is 148 Å². The van der Waals surface area contributed by atoms with E-state index in [1.807, 2.05) is 0 Å². The van der Waals surface area contributed by atoms with Gasteiger partial charge in [0.05, 0.1) is 6.04 Å². The third-order valence-corrected chi connectivity index (χ3v) is 7.45. The van der Waals surface area contributed by atoms with Crippen molar-refractivity contribution >= 4 is 61.4 Å². The first-order valence-electron chi connectivity index (χ1n) is 17.0. The molecule has 0 bridgehead atoms. The summed E-state index contributed by atoms with van der Waals surface area (Å²) in [6.07, 6.45) is 24.3. The molecule has 12 heteroatoms. The van der Waals surface area contributed by atoms with Gasteiger partial charge in [0.1, 0.15) is 0 Å². The van der Waals surface area contributed by atoms with Crippen LogP contribution in [-0.2, 0) is 9.59 Å². The van der Waals surface area contributed by atoms with Gasteiger partial charge >= 0.3 is 0 Å². The molecule has 0 fully saturated rings. The molecule has 44 heavy (non-hydrogen) atoms. The van der Waals surface area contributed by atoms with Crippen LogP contribution >= 0.6 is 49.6 Å². The number of hydrogen-bond donors (Lipinski definition) is 6. The number of hydrogen-bond acceptors (Lipinski definition) is 6. The molecule has 0 aliphatic rings. The lowest BCUT2D eigenvalue weighted by molar-refractivity contribution is -0.123. The summed E-state index contributed by atoms with van der Waals surface area (Å²) in [4.78, 5) is 24.2. The van der Waals surface area contributed by atoms with Crippen LogP contribution in [0, 0.1) is 0 Å². The quantitative estimate of drug-likeness (QED) is 0.0436. The van der Waals surface area contributed by atoms with Crippen LogP contribution in [-0.4, -0.2) is 63.7 Å². The lowest BCUT2D eigenvalue weighted by Crippen LogP contribution is -2.41. The first kappa shape index (κ1) is 53.4. The van der Waals surface area contributed by atoms with Crippen molar-refractivity contribution < 1.29 is 9.59 Å². The summed E-state index contributed by atoms with van der Waals surface area (Å²) in [5.74, 6) is 0.0768. The lowest BCUT2D eigenvalue weighted by atomic mass is 10.0. The van der Waals surface area contributed by atoms with E-state index in [4.69, 9.17) is 11.5 Å². The van der Waals surface area contributed by atoms with Crippen LogP contribution in [0.5, 0.6) is 0 Å². The summed E-state index contributed by atoms with van der Waals surface area (Å²) in [5, 5.41) is 12.8. The van der Waals surface area contributed by atoms with E-state index >= 15 is 0 Å². The highest BCUT2D eigenvalue weighted by Gasteiger charge is 2.12. The van der Waals surface area contributed by atoms with Gasteiger partial charge in [-0.1, -0.05) is 84.0 Å². The Kier molecular flexibility index (Phi) is 54.7. The summed E-state index contributed by atoms with van der Waals surface area (Å²) < 4.78 is 0. The predicted octanol–water partition coefficient (Wildman–Crippen LogP) is 6.58. The number of nitrogens with one attached hydrogen (secondary N) is 4. The van der Waals surface area contributed by atoms with Crippen molar-refractivity contribution in [3.63, 3.8) is 0 Å². The van der Waals surface area contributed by atoms with Gasteiger partial charge in [-0.05, 0) is 84.1 Å². The number of unbranched alkanes of at least 4 members (excludes halogenated alkanes) is 14. The molecule has 0 saturated carbocycles. The van der Waals surface area contributed by atoms with Gasteiger partial charge in [-0.25, -0.2) is 0 Å². The third-order valence-electron chi connectivity index (χ3n) is 7.45. The minimum absolute atomic E-state index is 0. The average molecular weight is 715 g/mol. The fourth-order valence-electron chi connectivity index (χ4n) is 4.77. The molecular formula is C32H72Cl4N6O2. The molecule has 8 nitrogen and oxygen atoms in total. The van der Waals surface area contributed by atoms with E-state index < -0.39 is 6.04 Å². The Morgan fingerprint density at radius 3 is 1.48 bits per heavy atom. The van der Waals surface area contributed by atoms with Crippen molar-refractivity contribution in [3.8, 4) is 0 Å². The number of carbonyl (C=O) groups excluding carboxylic acids is 2. The zero-order valence-electron chi connectivity index (χ0n) is 28.0. The van der Waals surface area contributed by atoms with Crippen molar-refractivity contribution in [1.82, 2.24) is 21.3 Å². The van der Waals surface area contributed by atoms with Gasteiger partial charge in [-0.3, -0.25) is 9.59 Å². The molecule has 0 saturated heterocycles. The Balaban J connectivity index is -0.00000127. The maximum Gasteiger partial charge on any atom is 0.236 e. The van der Waals surface area contributed by atoms with Gasteiger partial charge in [0.25, 0.3) is 0 Å². The Morgan fingerprint density at radius 1 is 0.523 bits per heavy atom. The van der Waals surface area contributed by atoms with Crippen LogP contribution in [0.3, 0.4) is 0 Å². The van der Waals surface area contributed by atoms with Crippen LogP contribution < -0.4 is 32.7 Å². The Morgan fingerprint density at radius 2 is 0.955 bits per heavy atom. The van der Waals surface area contributed by atoms with Crippen molar-refractivity contribution in [3.05, 3.63) is 0 Å². The number of carbonyl (C=O) groups is 2. The summed E-state index contributed by atoms with van der Waals surface area (Å²) in [7, 11) is 0. The second kappa shape index (κ2) is 45.1. The largest absolute Gasteiger partial charge is 0.356 e. The Bertz CT molecular complexity index is 569. The van der Waals surface area contributed by atoms with E-state index in [1.165, 1.54) is 70.6 Å². The van der Waals surface area contributed by atoms with Crippen LogP contribution in [0.1, 0.15) is 142 Å². The highest BCUT2D eigenvalue weighted by Crippen LogP contribution is 2.13. The molecule has 2 amide bonds. The van der Waals surface area contributed by atoms with Gasteiger partial charge in [0.15, 0.2) is 0 Å². The third kappa shape index (κ3) is 41.9. The maximum absolute atomic E-state index is 12.2. The molecule has 0 rings (SSSR count). The fraction of sp³-hybridized carbons (Fsp3) is 0.938. The van der Waals surface area contributed by atoms with E-state index in [1.54, 1.807) is 0 Å². The normalized spacial score (nSPS) is 10.9. The molecule has 0 aliphatic carbocycles. The lowest BCUT2D eigenvalue weighted by Gasteiger charge is -2.12. The van der Waals surface area contributed by atoms with Gasteiger partial charge in [0.2, 0.25) is 11.8 Å². The molecule has 0 aromatic heterocycles. The van der Waals surface area contributed by atoms with Crippen LogP contribution in [0.15, 0.2) is 0 Å². The average Bonchev–Trinajstić information content (AvgIpc) is 2.95. The van der Waals surface area contributed by atoms with Gasteiger partial charge < -0.3 is 32.7 Å². The zero-order chi connectivity index (χ0) is 29.4. The molecule has 0 aliphatic heterocycles. The number of halogens is 4. The molecule has 1 atom stereocenters. The summed E-state index contributed by atoms with van der Waals surface area (Å²) >= 11 is 0. The topological polar surface area (TPSA) is 134 Å². The highest BCUT2D eigenvalue weighted by atomic mass is 35.5. The van der Waals surface area contributed by atoms with Crippen LogP contribution in [0.2, 0.25) is 0 Å². The summed E-state index contributed by atoms with van der Waals surface area (Å²) in [5.41, 5.74) is 11.5. The van der Waals surface area contributed by atoms with Crippen LogP contribution in [0.4, 0.5) is 0 Å². The standard InChI is InChI=1S/C32H68N6O2.4ClH/c1-2-3-4-5-6-7-8-9-10-11-12-13-14-22-31(39)37-28-16-15-21-30(34)32(40)38-29-20-27-36-25-18-17-24-35-26-19-23-33;;;;/h30,35-36H,2-29,33-34H2,1H3,(H,37,39)(H,38,40);4*1H. The SMILES string of the molecule is CCCCCCCCCCCCCCCC(=O)NCCCCC(N)C(=O)NCCCNCCCCNCCCN.Cl.Cl.Cl.Cl. The molecule has 0 radical (unpaired) electrons. The molecule has 0 heterocycles. The first-order chi connectivity index (χ1) is 19.6. The van der Waals surface area contributed by atoms with Crippen molar-refractivity contribution in [2.24, 2.45) is 11.5 Å². The van der Waals surface area contributed by atoms with Crippen LogP contribution in [0.25, 0.3) is 0 Å². The molecule has 270 valence electrons. The van der Waals surface area contributed by atoms with Gasteiger partial charge in [-0.2, -0.15) is 0 Å². The highest BCUT2D eigenvalue weighted by molar-refractivity contribution is 5.86. The minimum atomic E-state index is -0.471. The molecule has 0 aromatic rings. The second-order valence-corrected chi connectivity index (χ2v) is 11.4. The Labute approximate surface area is 296 Å². The van der Waals surface area contributed by atoms with Gasteiger partial charge in [-0.15, -0.1) is 49.6 Å². The first-order valence-corrected chi connectivity index (χ1v) is 17.0. The maximum atomic E-state index is 12.2. The minimum Gasteiger partial charge on any atom is -0.356 e. The van der Waals surface area contributed by atoms with Crippen molar-refractivity contribution in [2.75, 3.05) is 45.8 Å². The van der Waals surface area contributed by atoms with Gasteiger partial charge in [0, 0.05) is 19.5 Å². The fourth-order valence-corrected chi connectivity index (χ4v) is 4.77. The summed E-state index contributed by atoms with van der Waals surface area (Å²) in [6.45, 7) is 8.28. The predicted molar refractivity (Wildman–Crippen MR) is 200 cm³/mol.